The lowest BCUT2D eigenvalue weighted by Gasteiger charge is -2.07. The highest BCUT2D eigenvalue weighted by Crippen LogP contribution is 2.28. The van der Waals surface area contributed by atoms with Gasteiger partial charge in [0.25, 0.3) is 15.0 Å². The third-order valence-corrected chi connectivity index (χ3v) is 5.23. The molecule has 1 aromatic carbocycles. The summed E-state index contributed by atoms with van der Waals surface area (Å²) >= 11 is 3.12. The molecule has 9 heteroatoms. The van der Waals surface area contributed by atoms with E-state index in [1.807, 2.05) is 0 Å². The zero-order valence-electron chi connectivity index (χ0n) is 11.1. The van der Waals surface area contributed by atoms with Gasteiger partial charge in [-0.3, -0.25) is 9.48 Å². The topological polar surface area (TPSA) is 81.1 Å². The van der Waals surface area contributed by atoms with E-state index in [4.69, 9.17) is 10.7 Å². The standard InChI is InChI=1S/C12H11BrClN3O3S/c1-7-9(6-15-17(7)2)12(18)16-8-3-4-11(10(13)5-8)21(14,19)20/h3-6H,1-2H3,(H,16,18). The second kappa shape index (κ2) is 5.78. The normalized spacial score (nSPS) is 11.4. The molecule has 1 amide bonds. The molecule has 1 aromatic heterocycles. The first-order chi connectivity index (χ1) is 9.70. The number of aryl methyl sites for hydroxylation is 1. The molecular weight excluding hydrogens is 382 g/mol. The van der Waals surface area contributed by atoms with Gasteiger partial charge in [0.1, 0.15) is 0 Å². The van der Waals surface area contributed by atoms with Crippen molar-refractivity contribution < 1.29 is 13.2 Å². The molecule has 1 heterocycles. The Morgan fingerprint density at radius 1 is 1.43 bits per heavy atom. The number of carbonyl (C=O) groups excluding carboxylic acids is 1. The number of hydrogen-bond acceptors (Lipinski definition) is 4. The predicted octanol–water partition coefficient (Wildman–Crippen LogP) is 2.67. The van der Waals surface area contributed by atoms with E-state index >= 15 is 0 Å². The Bertz CT molecular complexity index is 817. The smallest absolute Gasteiger partial charge is 0.262 e. The molecule has 0 spiro atoms. The largest absolute Gasteiger partial charge is 0.322 e. The lowest BCUT2D eigenvalue weighted by Crippen LogP contribution is -2.13. The van der Waals surface area contributed by atoms with Gasteiger partial charge in [-0.15, -0.1) is 0 Å². The van der Waals surface area contributed by atoms with E-state index in [1.165, 1.54) is 24.4 Å². The van der Waals surface area contributed by atoms with Crippen LogP contribution in [0.1, 0.15) is 16.1 Å². The molecule has 0 bridgehead atoms. The van der Waals surface area contributed by atoms with Crippen LogP contribution in [0.4, 0.5) is 5.69 Å². The van der Waals surface area contributed by atoms with E-state index in [1.54, 1.807) is 18.7 Å². The fraction of sp³-hybridized carbons (Fsp3) is 0.167. The van der Waals surface area contributed by atoms with Crippen LogP contribution in [0.25, 0.3) is 0 Å². The number of anilines is 1. The highest BCUT2D eigenvalue weighted by molar-refractivity contribution is 9.10. The number of carbonyl (C=O) groups is 1. The van der Waals surface area contributed by atoms with Crippen LogP contribution in [0, 0.1) is 6.92 Å². The monoisotopic (exact) mass is 391 g/mol. The van der Waals surface area contributed by atoms with E-state index in [2.05, 4.69) is 26.3 Å². The first kappa shape index (κ1) is 16.0. The zero-order chi connectivity index (χ0) is 15.8. The minimum atomic E-state index is -3.83. The highest BCUT2D eigenvalue weighted by atomic mass is 79.9. The van der Waals surface area contributed by atoms with Crippen LogP contribution in [-0.4, -0.2) is 24.1 Å². The molecule has 1 N–H and O–H groups in total. The maximum atomic E-state index is 12.1. The molecule has 112 valence electrons. The molecule has 2 rings (SSSR count). The Labute approximate surface area is 134 Å². The summed E-state index contributed by atoms with van der Waals surface area (Å²) in [5, 5.41) is 6.66. The number of hydrogen-bond donors (Lipinski definition) is 1. The van der Waals surface area contributed by atoms with Crippen LogP contribution in [0.3, 0.4) is 0 Å². The van der Waals surface area contributed by atoms with Gasteiger partial charge in [-0.1, -0.05) is 0 Å². The van der Waals surface area contributed by atoms with Crippen LogP contribution in [-0.2, 0) is 16.1 Å². The lowest BCUT2D eigenvalue weighted by atomic mass is 10.2. The van der Waals surface area contributed by atoms with E-state index in [0.29, 0.717) is 11.3 Å². The van der Waals surface area contributed by atoms with Crippen LogP contribution < -0.4 is 5.32 Å². The summed E-state index contributed by atoms with van der Waals surface area (Å²) in [4.78, 5) is 12.1. The number of amides is 1. The van der Waals surface area contributed by atoms with Crippen molar-refractivity contribution in [2.45, 2.75) is 11.8 Å². The molecule has 2 aromatic rings. The first-order valence-corrected chi connectivity index (χ1v) is 8.84. The highest BCUT2D eigenvalue weighted by Gasteiger charge is 2.17. The molecule has 0 radical (unpaired) electrons. The minimum Gasteiger partial charge on any atom is -0.322 e. The fourth-order valence-electron chi connectivity index (χ4n) is 1.70. The van der Waals surface area contributed by atoms with Gasteiger partial charge in [0.05, 0.1) is 16.7 Å². The van der Waals surface area contributed by atoms with Crippen molar-refractivity contribution in [3.05, 3.63) is 40.1 Å². The van der Waals surface area contributed by atoms with Crippen molar-refractivity contribution >= 4 is 47.3 Å². The maximum Gasteiger partial charge on any atom is 0.262 e. The molecule has 0 fully saturated rings. The number of benzene rings is 1. The second-order valence-corrected chi connectivity index (χ2v) is 7.69. The average Bonchev–Trinajstić information content (AvgIpc) is 2.68. The first-order valence-electron chi connectivity index (χ1n) is 5.74. The van der Waals surface area contributed by atoms with Gasteiger partial charge in [-0.05, 0) is 41.1 Å². The lowest BCUT2D eigenvalue weighted by molar-refractivity contribution is 0.102. The summed E-state index contributed by atoms with van der Waals surface area (Å²) in [6.07, 6.45) is 1.47. The van der Waals surface area contributed by atoms with Crippen LogP contribution in [0.2, 0.25) is 0 Å². The molecule has 0 aliphatic heterocycles. The van der Waals surface area contributed by atoms with Crippen LogP contribution >= 0.6 is 26.6 Å². The Kier molecular flexibility index (Phi) is 4.40. The van der Waals surface area contributed by atoms with Gasteiger partial charge in [-0.2, -0.15) is 5.10 Å². The molecular formula is C12H11BrClN3O3S. The third kappa shape index (κ3) is 3.45. The van der Waals surface area contributed by atoms with Gasteiger partial charge >= 0.3 is 0 Å². The quantitative estimate of drug-likeness (QED) is 0.814. The molecule has 0 aliphatic rings. The van der Waals surface area contributed by atoms with E-state index in [-0.39, 0.29) is 15.3 Å². The number of rotatable bonds is 3. The van der Waals surface area contributed by atoms with Crippen LogP contribution in [0.5, 0.6) is 0 Å². The third-order valence-electron chi connectivity index (χ3n) is 2.93. The van der Waals surface area contributed by atoms with Crippen molar-refractivity contribution in [1.82, 2.24) is 9.78 Å². The molecule has 21 heavy (non-hydrogen) atoms. The Balaban J connectivity index is 2.27. The summed E-state index contributed by atoms with van der Waals surface area (Å²) in [5.41, 5.74) is 1.62. The second-order valence-electron chi connectivity index (χ2n) is 4.30. The number of halogens is 2. The maximum absolute atomic E-state index is 12.1. The van der Waals surface area contributed by atoms with Gasteiger partial charge < -0.3 is 5.32 Å². The Morgan fingerprint density at radius 2 is 2.10 bits per heavy atom. The van der Waals surface area contributed by atoms with Crippen LogP contribution in [0.15, 0.2) is 33.8 Å². The van der Waals surface area contributed by atoms with E-state index < -0.39 is 9.05 Å². The molecule has 0 unspecified atom stereocenters. The number of nitrogens with zero attached hydrogens (tertiary/aromatic N) is 2. The Hall–Kier alpha value is -1.38. The summed E-state index contributed by atoms with van der Waals surface area (Å²) in [6.45, 7) is 1.78. The molecule has 6 nitrogen and oxygen atoms in total. The van der Waals surface area contributed by atoms with Crippen molar-refractivity contribution in [2.24, 2.45) is 7.05 Å². The van der Waals surface area contributed by atoms with Gasteiger partial charge in [0, 0.05) is 33.6 Å². The average molecular weight is 393 g/mol. The van der Waals surface area contributed by atoms with E-state index in [9.17, 15) is 13.2 Å². The van der Waals surface area contributed by atoms with Gasteiger partial charge in [0.2, 0.25) is 0 Å². The predicted molar refractivity (Wildman–Crippen MR) is 83.1 cm³/mol. The van der Waals surface area contributed by atoms with Crippen molar-refractivity contribution in [3.63, 3.8) is 0 Å². The molecule has 0 atom stereocenters. The summed E-state index contributed by atoms with van der Waals surface area (Å²) in [6, 6.07) is 4.25. The summed E-state index contributed by atoms with van der Waals surface area (Å²) in [5.74, 6) is -0.325. The summed E-state index contributed by atoms with van der Waals surface area (Å²) < 4.78 is 24.5. The number of aromatic nitrogens is 2. The molecule has 0 saturated heterocycles. The van der Waals surface area contributed by atoms with E-state index in [0.717, 1.165) is 5.69 Å². The van der Waals surface area contributed by atoms with Crippen molar-refractivity contribution in [1.29, 1.82) is 0 Å². The molecule has 0 saturated carbocycles. The zero-order valence-corrected chi connectivity index (χ0v) is 14.3. The minimum absolute atomic E-state index is 0.0558. The summed E-state index contributed by atoms with van der Waals surface area (Å²) in [7, 11) is 3.19. The fourth-order valence-corrected chi connectivity index (χ4v) is 3.92. The van der Waals surface area contributed by atoms with Gasteiger partial charge in [0.15, 0.2) is 0 Å². The Morgan fingerprint density at radius 3 is 2.57 bits per heavy atom. The SMILES string of the molecule is Cc1c(C(=O)Nc2ccc(S(=O)(=O)Cl)c(Br)c2)cnn1C. The molecule has 0 aliphatic carbocycles. The van der Waals surface area contributed by atoms with Gasteiger partial charge in [-0.25, -0.2) is 8.42 Å². The van der Waals surface area contributed by atoms with Crippen molar-refractivity contribution in [2.75, 3.05) is 5.32 Å². The van der Waals surface area contributed by atoms with Crippen molar-refractivity contribution in [3.8, 4) is 0 Å². The number of nitrogens with one attached hydrogen (secondary N) is 1.